The molecule has 0 amide bonds. The van der Waals surface area contributed by atoms with Crippen LogP contribution in [0.1, 0.15) is 63.9 Å². The molecule has 4 rings (SSSR count). The summed E-state index contributed by atoms with van der Waals surface area (Å²) in [5.74, 6) is -0.107. The summed E-state index contributed by atoms with van der Waals surface area (Å²) in [6.07, 6.45) is 2.99. The third kappa shape index (κ3) is 3.95. The number of carbonyl (C=O) groups is 2. The number of furan rings is 1. The van der Waals surface area contributed by atoms with Crippen molar-refractivity contribution in [3.63, 3.8) is 0 Å². The van der Waals surface area contributed by atoms with Gasteiger partial charge in [0.2, 0.25) is 0 Å². The highest BCUT2D eigenvalue weighted by Crippen LogP contribution is 2.48. The van der Waals surface area contributed by atoms with Gasteiger partial charge in [-0.25, -0.2) is 0 Å². The molecular formula is C23H29NO5. The first-order valence-electron chi connectivity index (χ1n) is 10.4. The Morgan fingerprint density at radius 2 is 2.07 bits per heavy atom. The number of hydrogen-bond acceptors (Lipinski definition) is 6. The molecule has 3 heterocycles. The molecule has 0 saturated carbocycles. The number of nitrogens with zero attached hydrogens (tertiary/aromatic N) is 1. The quantitative estimate of drug-likeness (QED) is 0.712. The first kappa shape index (κ1) is 20.1. The number of allylic oxidation sites excluding steroid dienone is 2. The lowest BCUT2D eigenvalue weighted by Gasteiger charge is -2.38. The summed E-state index contributed by atoms with van der Waals surface area (Å²) in [7, 11) is 0. The van der Waals surface area contributed by atoms with Gasteiger partial charge in [-0.1, -0.05) is 13.8 Å². The Morgan fingerprint density at radius 1 is 1.28 bits per heavy atom. The Kier molecular flexibility index (Phi) is 5.23. The second-order valence-corrected chi connectivity index (χ2v) is 9.22. The van der Waals surface area contributed by atoms with Gasteiger partial charge in [-0.2, -0.15) is 0 Å². The van der Waals surface area contributed by atoms with Gasteiger partial charge in [-0.15, -0.1) is 0 Å². The number of ketones is 1. The second-order valence-electron chi connectivity index (χ2n) is 9.22. The van der Waals surface area contributed by atoms with Crippen molar-refractivity contribution < 1.29 is 23.5 Å². The minimum absolute atomic E-state index is 0.0449. The van der Waals surface area contributed by atoms with Gasteiger partial charge in [0.25, 0.3) is 0 Å². The van der Waals surface area contributed by atoms with E-state index in [0.717, 1.165) is 24.3 Å². The van der Waals surface area contributed by atoms with E-state index >= 15 is 0 Å². The van der Waals surface area contributed by atoms with Crippen LogP contribution >= 0.6 is 0 Å². The van der Waals surface area contributed by atoms with Crippen LogP contribution in [0.2, 0.25) is 0 Å². The van der Waals surface area contributed by atoms with Crippen LogP contribution in [0.3, 0.4) is 0 Å². The molecule has 29 heavy (non-hydrogen) atoms. The zero-order valence-electron chi connectivity index (χ0n) is 17.6. The maximum atomic E-state index is 13.1. The van der Waals surface area contributed by atoms with Crippen LogP contribution < -0.4 is 0 Å². The van der Waals surface area contributed by atoms with Crippen molar-refractivity contribution in [2.75, 3.05) is 13.2 Å². The number of carbonyl (C=O) groups excluding carboxylic acids is 2. The number of aliphatic imine (C=N–C) groups is 1. The summed E-state index contributed by atoms with van der Waals surface area (Å²) < 4.78 is 17.1. The molecule has 1 saturated heterocycles. The van der Waals surface area contributed by atoms with Gasteiger partial charge < -0.3 is 13.9 Å². The minimum Gasteiger partial charge on any atom is -0.466 e. The zero-order valence-corrected chi connectivity index (χ0v) is 17.6. The third-order valence-electron chi connectivity index (χ3n) is 6.06. The molecule has 6 nitrogen and oxygen atoms in total. The Bertz CT molecular complexity index is 885. The number of ether oxygens (including phenoxy) is 2. The van der Waals surface area contributed by atoms with E-state index in [2.05, 4.69) is 13.8 Å². The van der Waals surface area contributed by atoms with Gasteiger partial charge in [0.15, 0.2) is 5.78 Å². The Balaban J connectivity index is 1.69. The number of esters is 1. The van der Waals surface area contributed by atoms with E-state index in [0.29, 0.717) is 36.5 Å². The van der Waals surface area contributed by atoms with Gasteiger partial charge >= 0.3 is 5.97 Å². The van der Waals surface area contributed by atoms with Crippen LogP contribution in [-0.2, 0) is 19.1 Å². The zero-order chi connectivity index (χ0) is 20.8. The molecule has 1 aliphatic carbocycles. The summed E-state index contributed by atoms with van der Waals surface area (Å²) in [6, 6.07) is 3.72. The highest BCUT2D eigenvalue weighted by molar-refractivity contribution is 6.08. The lowest BCUT2D eigenvalue weighted by Crippen LogP contribution is -2.40. The lowest BCUT2D eigenvalue weighted by molar-refractivity contribution is -0.150. The molecule has 0 unspecified atom stereocenters. The van der Waals surface area contributed by atoms with Gasteiger partial charge in [0.05, 0.1) is 12.0 Å². The molecule has 6 heteroatoms. The molecule has 1 aromatic heterocycles. The number of Topliss-reactive ketones (excluding diaryl/α,β-unsaturated/α-hetero) is 1. The summed E-state index contributed by atoms with van der Waals surface area (Å²) in [5, 5.41) is 0. The van der Waals surface area contributed by atoms with E-state index < -0.39 is 11.8 Å². The molecule has 3 atom stereocenters. The summed E-state index contributed by atoms with van der Waals surface area (Å²) in [5.41, 5.74) is 1.93. The molecular weight excluding hydrogens is 370 g/mol. The average molecular weight is 399 g/mol. The minimum atomic E-state index is -0.661. The van der Waals surface area contributed by atoms with E-state index in [4.69, 9.17) is 18.9 Å². The second kappa shape index (κ2) is 7.56. The molecule has 1 aromatic rings. The summed E-state index contributed by atoms with van der Waals surface area (Å²) >= 11 is 0. The number of hydrogen-bond donors (Lipinski definition) is 0. The maximum Gasteiger partial charge on any atom is 0.315 e. The van der Waals surface area contributed by atoms with Crippen molar-refractivity contribution in [1.82, 2.24) is 0 Å². The van der Waals surface area contributed by atoms with Crippen molar-refractivity contribution in [2.45, 2.75) is 65.4 Å². The highest BCUT2D eigenvalue weighted by atomic mass is 16.6. The standard InChI is InChI=1S/C23H29NO5/c1-13-7-8-18(29-13)21-19(22(26)28-12-15-6-5-9-27-15)14(2)24-16-10-23(3,4)11-17(25)20(16)21/h7-8,15,19,21H,5-6,9-12H2,1-4H3/t15-,19+,21+/m0/s1. The van der Waals surface area contributed by atoms with E-state index in [1.165, 1.54) is 0 Å². The predicted octanol–water partition coefficient (Wildman–Crippen LogP) is 4.13. The van der Waals surface area contributed by atoms with Crippen LogP contribution in [0, 0.1) is 18.3 Å². The third-order valence-corrected chi connectivity index (χ3v) is 6.06. The fraction of sp³-hybridized carbons (Fsp3) is 0.609. The van der Waals surface area contributed by atoms with Crippen LogP contribution in [0.4, 0.5) is 0 Å². The van der Waals surface area contributed by atoms with Crippen LogP contribution in [0.25, 0.3) is 0 Å². The molecule has 156 valence electrons. The van der Waals surface area contributed by atoms with Crippen molar-refractivity contribution in [2.24, 2.45) is 16.3 Å². The van der Waals surface area contributed by atoms with Gasteiger partial charge in [-0.05, 0) is 50.7 Å². The predicted molar refractivity (Wildman–Crippen MR) is 108 cm³/mol. The molecule has 0 radical (unpaired) electrons. The Labute approximate surface area is 171 Å². The van der Waals surface area contributed by atoms with Gasteiger partial charge in [0, 0.05) is 30.0 Å². The maximum absolute atomic E-state index is 13.1. The van der Waals surface area contributed by atoms with Gasteiger partial charge in [-0.3, -0.25) is 14.6 Å². The van der Waals surface area contributed by atoms with E-state index in [9.17, 15) is 9.59 Å². The monoisotopic (exact) mass is 399 g/mol. The molecule has 0 bridgehead atoms. The normalized spacial score (nSPS) is 28.9. The molecule has 2 aliphatic heterocycles. The lowest BCUT2D eigenvalue weighted by atomic mass is 9.68. The smallest absolute Gasteiger partial charge is 0.315 e. The summed E-state index contributed by atoms with van der Waals surface area (Å²) in [4.78, 5) is 31.0. The molecule has 3 aliphatic rings. The van der Waals surface area contributed by atoms with E-state index in [-0.39, 0.29) is 29.9 Å². The van der Waals surface area contributed by atoms with Crippen molar-refractivity contribution in [3.05, 3.63) is 34.9 Å². The van der Waals surface area contributed by atoms with E-state index in [1.807, 2.05) is 26.0 Å². The van der Waals surface area contributed by atoms with Gasteiger partial charge in [0.1, 0.15) is 24.0 Å². The fourth-order valence-corrected chi connectivity index (χ4v) is 4.72. The summed E-state index contributed by atoms with van der Waals surface area (Å²) in [6.45, 7) is 8.80. The molecule has 0 N–H and O–H groups in total. The van der Waals surface area contributed by atoms with Crippen LogP contribution in [0.15, 0.2) is 32.8 Å². The Morgan fingerprint density at radius 3 is 2.72 bits per heavy atom. The fourth-order valence-electron chi connectivity index (χ4n) is 4.72. The van der Waals surface area contributed by atoms with Crippen molar-refractivity contribution >= 4 is 17.5 Å². The topological polar surface area (TPSA) is 78.1 Å². The SMILES string of the molecule is CC1=NC2=C(C(=O)CC(C)(C)C2)[C@H](c2ccc(C)o2)[C@@H]1C(=O)OC[C@@H]1CCCO1. The average Bonchev–Trinajstić information content (AvgIpc) is 3.28. The van der Waals surface area contributed by atoms with E-state index in [1.54, 1.807) is 0 Å². The van der Waals surface area contributed by atoms with Crippen LogP contribution in [0.5, 0.6) is 0 Å². The molecule has 1 fully saturated rings. The highest BCUT2D eigenvalue weighted by Gasteiger charge is 2.47. The first-order chi connectivity index (χ1) is 13.7. The van der Waals surface area contributed by atoms with Crippen molar-refractivity contribution in [1.29, 1.82) is 0 Å². The Hall–Kier alpha value is -2.21. The first-order valence-corrected chi connectivity index (χ1v) is 10.4. The van der Waals surface area contributed by atoms with Crippen LogP contribution in [-0.4, -0.2) is 36.8 Å². The largest absolute Gasteiger partial charge is 0.466 e. The number of rotatable bonds is 4. The molecule has 0 aromatic carbocycles. The van der Waals surface area contributed by atoms with Crippen molar-refractivity contribution in [3.8, 4) is 0 Å². The number of aryl methyl sites for hydroxylation is 1. The molecule has 0 spiro atoms.